The van der Waals surface area contributed by atoms with Gasteiger partial charge in [0.25, 0.3) is 0 Å². The predicted octanol–water partition coefficient (Wildman–Crippen LogP) is 4.41. The molecule has 1 aliphatic carbocycles. The standard InChI is InChI=1S/C19H27NO2/c1-19(2,3)22-18(21)20-16(12-15-13-17(15)20)11-7-10-14-8-5-4-6-9-14/h4-6,8-9,15-17H,7,10-13H2,1-3H3/t15-,16+,17+/m1/s1. The molecular formula is C19H27NO2. The van der Waals surface area contributed by atoms with Crippen molar-refractivity contribution in [3.63, 3.8) is 0 Å². The SMILES string of the molecule is CC(C)(C)OC(=O)N1[C@@H](CCCc2ccccc2)C[C@@H]2C[C@@H]21. The third-order valence-corrected chi connectivity index (χ3v) is 4.66. The highest BCUT2D eigenvalue weighted by molar-refractivity contribution is 5.70. The van der Waals surface area contributed by atoms with Crippen LogP contribution in [0.4, 0.5) is 4.79 Å². The number of hydrogen-bond donors (Lipinski definition) is 0. The molecule has 3 nitrogen and oxygen atoms in total. The highest BCUT2D eigenvalue weighted by Crippen LogP contribution is 2.49. The zero-order chi connectivity index (χ0) is 15.7. The molecule has 120 valence electrons. The average molecular weight is 301 g/mol. The minimum Gasteiger partial charge on any atom is -0.444 e. The van der Waals surface area contributed by atoms with Gasteiger partial charge in [-0.25, -0.2) is 4.79 Å². The minimum atomic E-state index is -0.404. The van der Waals surface area contributed by atoms with Crippen LogP contribution in [0.1, 0.15) is 52.0 Å². The second kappa shape index (κ2) is 5.94. The first-order chi connectivity index (χ1) is 10.4. The van der Waals surface area contributed by atoms with Crippen molar-refractivity contribution in [3.8, 4) is 0 Å². The number of benzene rings is 1. The summed E-state index contributed by atoms with van der Waals surface area (Å²) < 4.78 is 5.60. The normalized spacial score (nSPS) is 26.7. The molecule has 1 heterocycles. The molecule has 1 saturated heterocycles. The fourth-order valence-electron chi connectivity index (χ4n) is 3.60. The Morgan fingerprint density at radius 2 is 1.95 bits per heavy atom. The molecule has 1 aromatic rings. The van der Waals surface area contributed by atoms with Crippen molar-refractivity contribution in [3.05, 3.63) is 35.9 Å². The number of rotatable bonds is 4. The van der Waals surface area contributed by atoms with Crippen LogP contribution in [0.25, 0.3) is 0 Å². The molecule has 0 bridgehead atoms. The van der Waals surface area contributed by atoms with Crippen molar-refractivity contribution in [1.82, 2.24) is 4.90 Å². The highest BCUT2D eigenvalue weighted by Gasteiger charge is 2.54. The van der Waals surface area contributed by atoms with Crippen molar-refractivity contribution in [1.29, 1.82) is 0 Å². The number of likely N-dealkylation sites (tertiary alicyclic amines) is 1. The fraction of sp³-hybridized carbons (Fsp3) is 0.632. The minimum absolute atomic E-state index is 0.109. The summed E-state index contributed by atoms with van der Waals surface area (Å²) in [4.78, 5) is 14.5. The molecule has 1 aromatic carbocycles. The zero-order valence-corrected chi connectivity index (χ0v) is 13.9. The van der Waals surface area contributed by atoms with Crippen LogP contribution in [0.5, 0.6) is 0 Å². The summed E-state index contributed by atoms with van der Waals surface area (Å²) in [6.07, 6.45) is 5.54. The first kappa shape index (κ1) is 15.4. The molecule has 0 radical (unpaired) electrons. The third kappa shape index (κ3) is 3.63. The lowest BCUT2D eigenvalue weighted by atomic mass is 10.0. The van der Waals surface area contributed by atoms with Crippen LogP contribution in [0, 0.1) is 5.92 Å². The lowest BCUT2D eigenvalue weighted by Gasteiger charge is -2.30. The summed E-state index contributed by atoms with van der Waals surface area (Å²) in [5.74, 6) is 0.731. The Morgan fingerprint density at radius 3 is 2.64 bits per heavy atom. The van der Waals surface area contributed by atoms with E-state index in [2.05, 4.69) is 30.3 Å². The van der Waals surface area contributed by atoms with Gasteiger partial charge >= 0.3 is 6.09 Å². The van der Waals surface area contributed by atoms with Crippen molar-refractivity contribution < 1.29 is 9.53 Å². The van der Waals surface area contributed by atoms with Crippen LogP contribution >= 0.6 is 0 Å². The van der Waals surface area contributed by atoms with E-state index in [4.69, 9.17) is 4.74 Å². The van der Waals surface area contributed by atoms with Gasteiger partial charge in [0.2, 0.25) is 0 Å². The largest absolute Gasteiger partial charge is 0.444 e. The number of amides is 1. The molecule has 0 unspecified atom stereocenters. The first-order valence-electron chi connectivity index (χ1n) is 8.49. The molecule has 0 N–H and O–H groups in total. The number of fused-ring (bicyclic) bond motifs is 1. The summed E-state index contributed by atoms with van der Waals surface area (Å²) in [6.45, 7) is 5.82. The van der Waals surface area contributed by atoms with E-state index < -0.39 is 5.60 Å². The van der Waals surface area contributed by atoms with Crippen LogP contribution in [-0.4, -0.2) is 28.7 Å². The quantitative estimate of drug-likeness (QED) is 0.824. The summed E-state index contributed by atoms with van der Waals surface area (Å²) >= 11 is 0. The molecule has 3 heteroatoms. The van der Waals surface area contributed by atoms with Crippen LogP contribution in [-0.2, 0) is 11.2 Å². The second-order valence-electron chi connectivity index (χ2n) is 7.72. The Kier molecular flexibility index (Phi) is 4.16. The number of carbonyl (C=O) groups is 1. The molecule has 0 spiro atoms. The number of nitrogens with zero attached hydrogens (tertiary/aromatic N) is 1. The van der Waals surface area contributed by atoms with E-state index in [-0.39, 0.29) is 6.09 Å². The van der Waals surface area contributed by atoms with Crippen molar-refractivity contribution in [2.75, 3.05) is 0 Å². The van der Waals surface area contributed by atoms with Gasteiger partial charge in [-0.3, -0.25) is 0 Å². The third-order valence-electron chi connectivity index (χ3n) is 4.66. The van der Waals surface area contributed by atoms with Crippen LogP contribution in [0.2, 0.25) is 0 Å². The molecule has 2 aliphatic rings. The van der Waals surface area contributed by atoms with Crippen LogP contribution < -0.4 is 0 Å². The van der Waals surface area contributed by atoms with Gasteiger partial charge in [-0.2, -0.15) is 0 Å². The molecule has 0 aromatic heterocycles. The lowest BCUT2D eigenvalue weighted by molar-refractivity contribution is 0.0176. The van der Waals surface area contributed by atoms with Gasteiger partial charge in [0.05, 0.1) is 0 Å². The van der Waals surface area contributed by atoms with E-state index >= 15 is 0 Å². The van der Waals surface area contributed by atoms with Crippen molar-refractivity contribution in [2.24, 2.45) is 5.92 Å². The fourth-order valence-corrected chi connectivity index (χ4v) is 3.60. The number of carbonyl (C=O) groups excluding carboxylic acids is 1. The van der Waals surface area contributed by atoms with Gasteiger partial charge in [0.1, 0.15) is 5.60 Å². The molecule has 1 saturated carbocycles. The smallest absolute Gasteiger partial charge is 0.410 e. The molecule has 2 fully saturated rings. The summed E-state index contributed by atoms with van der Waals surface area (Å²) in [6, 6.07) is 11.4. The van der Waals surface area contributed by atoms with E-state index in [9.17, 15) is 4.79 Å². The molecule has 1 aliphatic heterocycles. The second-order valence-corrected chi connectivity index (χ2v) is 7.72. The summed E-state index contributed by atoms with van der Waals surface area (Å²) in [5.41, 5.74) is 0.980. The van der Waals surface area contributed by atoms with E-state index in [1.54, 1.807) is 0 Å². The predicted molar refractivity (Wildman–Crippen MR) is 87.8 cm³/mol. The van der Waals surface area contributed by atoms with Gasteiger partial charge in [-0.05, 0) is 64.4 Å². The monoisotopic (exact) mass is 301 g/mol. The molecular weight excluding hydrogens is 274 g/mol. The maximum atomic E-state index is 12.4. The van der Waals surface area contributed by atoms with Crippen LogP contribution in [0.15, 0.2) is 30.3 Å². The summed E-state index contributed by atoms with van der Waals surface area (Å²) in [7, 11) is 0. The van der Waals surface area contributed by atoms with Gasteiger partial charge in [0, 0.05) is 12.1 Å². The summed E-state index contributed by atoms with van der Waals surface area (Å²) in [5, 5.41) is 0. The molecule has 3 rings (SSSR count). The van der Waals surface area contributed by atoms with E-state index in [1.165, 1.54) is 18.4 Å². The Morgan fingerprint density at radius 1 is 1.23 bits per heavy atom. The molecule has 3 atom stereocenters. The Balaban J connectivity index is 1.53. The maximum absolute atomic E-state index is 12.4. The van der Waals surface area contributed by atoms with Gasteiger partial charge in [-0.1, -0.05) is 30.3 Å². The van der Waals surface area contributed by atoms with Gasteiger partial charge in [0.15, 0.2) is 0 Å². The molecule has 1 amide bonds. The van der Waals surface area contributed by atoms with E-state index in [0.29, 0.717) is 12.1 Å². The van der Waals surface area contributed by atoms with Gasteiger partial charge in [-0.15, -0.1) is 0 Å². The maximum Gasteiger partial charge on any atom is 0.410 e. The Bertz CT molecular complexity index is 520. The Hall–Kier alpha value is -1.51. The van der Waals surface area contributed by atoms with Crippen molar-refractivity contribution in [2.45, 2.75) is 70.6 Å². The highest BCUT2D eigenvalue weighted by atomic mass is 16.6. The number of ether oxygens (including phenoxy) is 1. The Labute approximate surface area is 133 Å². The molecule has 22 heavy (non-hydrogen) atoms. The number of hydrogen-bond acceptors (Lipinski definition) is 2. The van der Waals surface area contributed by atoms with E-state index in [1.807, 2.05) is 25.7 Å². The zero-order valence-electron chi connectivity index (χ0n) is 13.9. The topological polar surface area (TPSA) is 29.5 Å². The number of piperidine rings is 1. The average Bonchev–Trinajstić information content (AvgIpc) is 3.09. The lowest BCUT2D eigenvalue weighted by Crippen LogP contribution is -2.42. The first-order valence-corrected chi connectivity index (χ1v) is 8.49. The number of aryl methyl sites for hydroxylation is 1. The van der Waals surface area contributed by atoms with Crippen molar-refractivity contribution >= 4 is 6.09 Å². The van der Waals surface area contributed by atoms with E-state index in [0.717, 1.165) is 25.2 Å². The van der Waals surface area contributed by atoms with Crippen LogP contribution in [0.3, 0.4) is 0 Å². The van der Waals surface area contributed by atoms with Gasteiger partial charge < -0.3 is 9.64 Å².